The predicted octanol–water partition coefficient (Wildman–Crippen LogP) is -3.07. The van der Waals surface area contributed by atoms with E-state index in [1.807, 2.05) is 30.3 Å². The van der Waals surface area contributed by atoms with Crippen LogP contribution in [0, 0.1) is 0 Å². The van der Waals surface area contributed by atoms with Gasteiger partial charge in [-0.3, -0.25) is 4.79 Å². The number of ketones is 1. The fourth-order valence-electron chi connectivity index (χ4n) is 1.50. The van der Waals surface area contributed by atoms with Crippen molar-refractivity contribution in [3.63, 3.8) is 0 Å². The molecule has 0 saturated carbocycles. The van der Waals surface area contributed by atoms with Crippen molar-refractivity contribution in [3.05, 3.63) is 65.7 Å². The first-order valence-corrected chi connectivity index (χ1v) is 5.05. The van der Waals surface area contributed by atoms with Gasteiger partial charge in [0.15, 0.2) is 5.78 Å². The second-order valence-electron chi connectivity index (χ2n) is 3.42. The number of benzene rings is 2. The molecule has 0 unspecified atom stereocenters. The number of carbonyl (C=O) groups is 1. The Bertz CT molecular complexity index is 481. The van der Waals surface area contributed by atoms with Crippen LogP contribution in [0.5, 0.6) is 5.75 Å². The first-order valence-electron chi connectivity index (χ1n) is 5.05. The lowest BCUT2D eigenvalue weighted by molar-refractivity contribution is -0.00100. The van der Waals surface area contributed by atoms with Gasteiger partial charge >= 0.3 is 0 Å². The van der Waals surface area contributed by atoms with E-state index in [9.17, 15) is 4.79 Å². The van der Waals surface area contributed by atoms with Crippen LogP contribution in [0.1, 0.15) is 15.9 Å². The van der Waals surface area contributed by atoms with E-state index in [2.05, 4.69) is 0 Å². The van der Waals surface area contributed by atoms with Gasteiger partial charge in [-0.1, -0.05) is 30.3 Å². The van der Waals surface area contributed by atoms with Crippen LogP contribution in [0.2, 0.25) is 0 Å². The summed E-state index contributed by atoms with van der Waals surface area (Å²) in [5, 5.41) is 0. The molecule has 0 amide bonds. The first kappa shape index (κ1) is 16.5. The third-order valence-corrected chi connectivity index (χ3v) is 2.39. The standard InChI is InChI=1S/C14H12O2.2ClH/c1-16-13-9-7-12(8-10-13)14(15)11-5-3-2-4-6-11;;/h2-10H,1H3;2*1H/p-2. The van der Waals surface area contributed by atoms with Gasteiger partial charge in [0.2, 0.25) is 0 Å². The molecular formula is C14H12Cl2O2-2. The molecule has 0 aliphatic rings. The molecule has 0 spiro atoms. The maximum atomic E-state index is 12.0. The average Bonchev–Trinajstić information content (AvgIpc) is 2.39. The van der Waals surface area contributed by atoms with Crippen molar-refractivity contribution >= 4 is 5.78 Å². The first-order chi connectivity index (χ1) is 7.81. The number of carbonyl (C=O) groups excluding carboxylic acids is 1. The van der Waals surface area contributed by atoms with Crippen LogP contribution in [0.4, 0.5) is 0 Å². The average molecular weight is 283 g/mol. The molecule has 0 bridgehead atoms. The Morgan fingerprint density at radius 3 is 1.83 bits per heavy atom. The Hall–Kier alpha value is -1.51. The van der Waals surface area contributed by atoms with Gasteiger partial charge in [0, 0.05) is 11.1 Å². The Balaban J connectivity index is 0.00000144. The van der Waals surface area contributed by atoms with Crippen LogP contribution < -0.4 is 29.6 Å². The van der Waals surface area contributed by atoms with Crippen molar-refractivity contribution in [2.24, 2.45) is 0 Å². The predicted molar refractivity (Wildman–Crippen MR) is 62.9 cm³/mol. The highest BCUT2D eigenvalue weighted by atomic mass is 35.5. The lowest BCUT2D eigenvalue weighted by Gasteiger charge is -2.02. The van der Waals surface area contributed by atoms with Crippen molar-refractivity contribution in [1.82, 2.24) is 0 Å². The SMILES string of the molecule is COc1ccc(C(=O)c2ccccc2)cc1.[Cl-].[Cl-]. The largest absolute Gasteiger partial charge is 1.00 e. The molecule has 0 N–H and O–H groups in total. The summed E-state index contributed by atoms with van der Waals surface area (Å²) in [6.45, 7) is 0. The summed E-state index contributed by atoms with van der Waals surface area (Å²) in [5.74, 6) is 0.785. The molecule has 0 atom stereocenters. The molecular weight excluding hydrogens is 271 g/mol. The molecule has 0 heterocycles. The molecule has 4 heteroatoms. The third-order valence-electron chi connectivity index (χ3n) is 2.39. The number of methoxy groups -OCH3 is 1. The quantitative estimate of drug-likeness (QED) is 0.559. The van der Waals surface area contributed by atoms with Gasteiger partial charge in [0.1, 0.15) is 5.75 Å². The van der Waals surface area contributed by atoms with Crippen LogP contribution in [-0.4, -0.2) is 12.9 Å². The zero-order chi connectivity index (χ0) is 11.4. The molecule has 2 aromatic carbocycles. The summed E-state index contributed by atoms with van der Waals surface area (Å²) < 4.78 is 5.04. The zero-order valence-corrected chi connectivity index (χ0v) is 11.3. The molecule has 2 nitrogen and oxygen atoms in total. The van der Waals surface area contributed by atoms with Crippen molar-refractivity contribution in [1.29, 1.82) is 0 Å². The van der Waals surface area contributed by atoms with E-state index in [0.717, 1.165) is 5.75 Å². The Morgan fingerprint density at radius 1 is 0.833 bits per heavy atom. The molecule has 0 aliphatic heterocycles. The summed E-state index contributed by atoms with van der Waals surface area (Å²) in [4.78, 5) is 12.0. The summed E-state index contributed by atoms with van der Waals surface area (Å²) >= 11 is 0. The van der Waals surface area contributed by atoms with E-state index in [-0.39, 0.29) is 30.6 Å². The van der Waals surface area contributed by atoms with Crippen LogP contribution >= 0.6 is 0 Å². The van der Waals surface area contributed by atoms with Crippen LogP contribution in [-0.2, 0) is 0 Å². The van der Waals surface area contributed by atoms with Crippen LogP contribution in [0.15, 0.2) is 54.6 Å². The number of halogens is 2. The fraction of sp³-hybridized carbons (Fsp3) is 0.0714. The normalized spacial score (nSPS) is 8.72. The van der Waals surface area contributed by atoms with Gasteiger partial charge in [-0.15, -0.1) is 0 Å². The van der Waals surface area contributed by atoms with E-state index in [1.54, 1.807) is 31.4 Å². The minimum absolute atomic E-state index is 0. The summed E-state index contributed by atoms with van der Waals surface area (Å²) in [6.07, 6.45) is 0. The molecule has 0 aromatic heterocycles. The molecule has 2 aromatic rings. The highest BCUT2D eigenvalue weighted by Crippen LogP contribution is 2.14. The van der Waals surface area contributed by atoms with Crippen molar-refractivity contribution < 1.29 is 34.3 Å². The minimum atomic E-state index is 0. The van der Waals surface area contributed by atoms with E-state index < -0.39 is 0 Å². The maximum absolute atomic E-state index is 12.0. The molecule has 96 valence electrons. The van der Waals surface area contributed by atoms with Crippen molar-refractivity contribution in [2.45, 2.75) is 0 Å². The maximum Gasteiger partial charge on any atom is 0.193 e. The van der Waals surface area contributed by atoms with Gasteiger partial charge in [0.05, 0.1) is 7.11 Å². The van der Waals surface area contributed by atoms with Gasteiger partial charge in [-0.25, -0.2) is 0 Å². The third kappa shape index (κ3) is 3.76. The minimum Gasteiger partial charge on any atom is -1.00 e. The monoisotopic (exact) mass is 282 g/mol. The number of ether oxygens (including phenoxy) is 1. The Kier molecular flexibility index (Phi) is 7.10. The summed E-state index contributed by atoms with van der Waals surface area (Å²) in [5.41, 5.74) is 1.37. The van der Waals surface area contributed by atoms with E-state index in [4.69, 9.17) is 4.74 Å². The van der Waals surface area contributed by atoms with Gasteiger partial charge in [0.25, 0.3) is 0 Å². The van der Waals surface area contributed by atoms with Crippen LogP contribution in [0.3, 0.4) is 0 Å². The molecule has 2 rings (SSSR count). The number of hydrogen-bond donors (Lipinski definition) is 0. The Labute approximate surface area is 119 Å². The Morgan fingerprint density at radius 2 is 1.33 bits per heavy atom. The lowest BCUT2D eigenvalue weighted by Crippen LogP contribution is -3.00. The topological polar surface area (TPSA) is 26.3 Å². The molecule has 18 heavy (non-hydrogen) atoms. The van der Waals surface area contributed by atoms with Gasteiger partial charge < -0.3 is 29.6 Å². The van der Waals surface area contributed by atoms with Crippen molar-refractivity contribution in [3.8, 4) is 5.75 Å². The molecule has 0 radical (unpaired) electrons. The fourth-order valence-corrected chi connectivity index (χ4v) is 1.50. The smallest absolute Gasteiger partial charge is 0.193 e. The van der Waals surface area contributed by atoms with Crippen LogP contribution in [0.25, 0.3) is 0 Å². The number of hydrogen-bond acceptors (Lipinski definition) is 2. The molecule has 0 fully saturated rings. The van der Waals surface area contributed by atoms with Gasteiger partial charge in [-0.05, 0) is 24.3 Å². The van der Waals surface area contributed by atoms with Gasteiger partial charge in [-0.2, -0.15) is 0 Å². The van der Waals surface area contributed by atoms with E-state index >= 15 is 0 Å². The van der Waals surface area contributed by atoms with E-state index in [0.29, 0.717) is 11.1 Å². The number of rotatable bonds is 3. The van der Waals surface area contributed by atoms with Crippen molar-refractivity contribution in [2.75, 3.05) is 7.11 Å². The molecule has 0 saturated heterocycles. The van der Waals surface area contributed by atoms with E-state index in [1.165, 1.54) is 0 Å². The highest BCUT2D eigenvalue weighted by Gasteiger charge is 2.07. The molecule has 0 aliphatic carbocycles. The lowest BCUT2D eigenvalue weighted by atomic mass is 10.0. The summed E-state index contributed by atoms with van der Waals surface area (Å²) in [6, 6.07) is 16.4. The second kappa shape index (κ2) is 7.75. The second-order valence-corrected chi connectivity index (χ2v) is 3.42. The summed E-state index contributed by atoms with van der Waals surface area (Å²) in [7, 11) is 1.61. The zero-order valence-electron chi connectivity index (χ0n) is 9.77. The highest BCUT2D eigenvalue weighted by molar-refractivity contribution is 6.08.